The van der Waals surface area contributed by atoms with Crippen LogP contribution in [0.15, 0.2) is 48.5 Å². The van der Waals surface area contributed by atoms with Crippen LogP contribution in [-0.2, 0) is 13.0 Å². The lowest BCUT2D eigenvalue weighted by Crippen LogP contribution is -2.37. The van der Waals surface area contributed by atoms with E-state index >= 15 is 0 Å². The van der Waals surface area contributed by atoms with E-state index in [9.17, 15) is 0 Å². The molecule has 22 heavy (non-hydrogen) atoms. The Morgan fingerprint density at radius 1 is 1.09 bits per heavy atom. The van der Waals surface area contributed by atoms with Crippen molar-refractivity contribution >= 4 is 0 Å². The maximum absolute atomic E-state index is 5.61. The molecule has 2 aliphatic rings. The van der Waals surface area contributed by atoms with E-state index in [1.165, 1.54) is 42.6 Å². The van der Waals surface area contributed by atoms with Gasteiger partial charge in [0.05, 0.1) is 7.11 Å². The van der Waals surface area contributed by atoms with Crippen LogP contribution in [0, 0.1) is 5.92 Å². The van der Waals surface area contributed by atoms with Crippen LogP contribution >= 0.6 is 0 Å². The van der Waals surface area contributed by atoms with Crippen molar-refractivity contribution in [3.05, 3.63) is 65.2 Å². The average Bonchev–Trinajstić information content (AvgIpc) is 2.93. The highest BCUT2D eigenvalue weighted by molar-refractivity contribution is 5.47. The molecule has 0 radical (unpaired) electrons. The quantitative estimate of drug-likeness (QED) is 0.852. The molecule has 0 spiro atoms. The smallest absolute Gasteiger partial charge is 0.122 e. The molecular formula is C20H23NO. The van der Waals surface area contributed by atoms with E-state index in [0.717, 1.165) is 18.2 Å². The van der Waals surface area contributed by atoms with Crippen molar-refractivity contribution in [3.63, 3.8) is 0 Å². The van der Waals surface area contributed by atoms with Gasteiger partial charge in [0.15, 0.2) is 0 Å². The van der Waals surface area contributed by atoms with Crippen molar-refractivity contribution in [2.24, 2.45) is 5.92 Å². The first-order valence-electron chi connectivity index (χ1n) is 8.27. The van der Waals surface area contributed by atoms with Crippen LogP contribution in [0.1, 0.15) is 29.0 Å². The van der Waals surface area contributed by atoms with E-state index in [4.69, 9.17) is 4.74 Å². The van der Waals surface area contributed by atoms with Gasteiger partial charge in [-0.05, 0) is 48.4 Å². The van der Waals surface area contributed by atoms with E-state index in [1.54, 1.807) is 7.11 Å². The molecule has 0 amide bonds. The topological polar surface area (TPSA) is 12.5 Å². The molecule has 0 aromatic heterocycles. The first-order valence-corrected chi connectivity index (χ1v) is 8.27. The van der Waals surface area contributed by atoms with Crippen molar-refractivity contribution in [2.45, 2.75) is 25.3 Å². The molecule has 2 aromatic rings. The average molecular weight is 293 g/mol. The molecule has 1 heterocycles. The van der Waals surface area contributed by atoms with Gasteiger partial charge in [0.1, 0.15) is 5.75 Å². The van der Waals surface area contributed by atoms with Gasteiger partial charge < -0.3 is 4.74 Å². The molecule has 114 valence electrons. The first kappa shape index (κ1) is 13.8. The zero-order chi connectivity index (χ0) is 14.9. The minimum Gasteiger partial charge on any atom is -0.496 e. The molecule has 2 nitrogen and oxygen atoms in total. The summed E-state index contributed by atoms with van der Waals surface area (Å²) in [6, 6.07) is 17.4. The van der Waals surface area contributed by atoms with Crippen LogP contribution in [-0.4, -0.2) is 25.1 Å². The van der Waals surface area contributed by atoms with Crippen LogP contribution in [0.25, 0.3) is 0 Å². The van der Waals surface area contributed by atoms with Gasteiger partial charge in [-0.15, -0.1) is 0 Å². The molecule has 0 saturated carbocycles. The monoisotopic (exact) mass is 293 g/mol. The SMILES string of the molecule is COc1cccc2c1[C@H]1CCN(Cc3ccccc3)C[C@@H]1C2. The number of methoxy groups -OCH3 is 1. The van der Waals surface area contributed by atoms with E-state index < -0.39 is 0 Å². The van der Waals surface area contributed by atoms with Gasteiger partial charge in [-0.25, -0.2) is 0 Å². The van der Waals surface area contributed by atoms with Gasteiger partial charge in [-0.3, -0.25) is 4.90 Å². The highest BCUT2D eigenvalue weighted by Crippen LogP contribution is 2.47. The molecule has 2 heteroatoms. The number of likely N-dealkylation sites (tertiary alicyclic amines) is 1. The van der Waals surface area contributed by atoms with Gasteiger partial charge in [-0.1, -0.05) is 42.5 Å². The second kappa shape index (κ2) is 5.77. The van der Waals surface area contributed by atoms with Crippen LogP contribution < -0.4 is 4.74 Å². The second-order valence-electron chi connectivity index (χ2n) is 6.61. The highest BCUT2D eigenvalue weighted by atomic mass is 16.5. The number of hydrogen-bond acceptors (Lipinski definition) is 2. The minimum atomic E-state index is 0.693. The largest absolute Gasteiger partial charge is 0.496 e. The zero-order valence-corrected chi connectivity index (χ0v) is 13.2. The Balaban J connectivity index is 1.50. The summed E-state index contributed by atoms with van der Waals surface area (Å²) < 4.78 is 5.61. The van der Waals surface area contributed by atoms with Crippen molar-refractivity contribution in [3.8, 4) is 5.75 Å². The predicted octanol–water partition coefficient (Wildman–Crippen LogP) is 3.86. The van der Waals surface area contributed by atoms with Gasteiger partial charge >= 0.3 is 0 Å². The number of rotatable bonds is 3. The molecule has 1 aliphatic heterocycles. The normalized spacial score (nSPS) is 23.9. The van der Waals surface area contributed by atoms with Crippen molar-refractivity contribution in [1.29, 1.82) is 0 Å². The summed E-state index contributed by atoms with van der Waals surface area (Å²) in [6.07, 6.45) is 2.47. The first-order chi connectivity index (χ1) is 10.8. The van der Waals surface area contributed by atoms with E-state index in [-0.39, 0.29) is 0 Å². The Labute approximate surface area is 132 Å². The summed E-state index contributed by atoms with van der Waals surface area (Å²) in [5.41, 5.74) is 4.43. The number of piperidine rings is 1. The fraction of sp³-hybridized carbons (Fsp3) is 0.400. The predicted molar refractivity (Wildman–Crippen MR) is 89.3 cm³/mol. The Kier molecular flexibility index (Phi) is 3.63. The Morgan fingerprint density at radius 3 is 2.77 bits per heavy atom. The number of nitrogens with zero attached hydrogens (tertiary/aromatic N) is 1. The minimum absolute atomic E-state index is 0.693. The molecule has 0 unspecified atom stereocenters. The lowest BCUT2D eigenvalue weighted by atomic mass is 9.85. The van der Waals surface area contributed by atoms with Crippen molar-refractivity contribution < 1.29 is 4.74 Å². The molecule has 0 N–H and O–H groups in total. The maximum atomic E-state index is 5.61. The molecular weight excluding hydrogens is 270 g/mol. The Morgan fingerprint density at radius 2 is 1.95 bits per heavy atom. The van der Waals surface area contributed by atoms with Gasteiger partial charge in [0.2, 0.25) is 0 Å². The standard InChI is InChI=1S/C20H23NO/c1-22-19-9-5-8-16-12-17-14-21(11-10-18(17)20(16)19)13-15-6-3-2-4-7-15/h2-9,17-18H,10-14H2,1H3/t17-,18-/m0/s1. The Hall–Kier alpha value is -1.80. The van der Waals surface area contributed by atoms with Crippen LogP contribution in [0.2, 0.25) is 0 Å². The molecule has 1 saturated heterocycles. The number of hydrogen-bond donors (Lipinski definition) is 0. The summed E-state index contributed by atoms with van der Waals surface area (Å²) in [6.45, 7) is 3.47. The fourth-order valence-electron chi connectivity index (χ4n) is 4.33. The summed E-state index contributed by atoms with van der Waals surface area (Å²) in [5, 5.41) is 0. The number of fused-ring (bicyclic) bond motifs is 3. The molecule has 1 fully saturated rings. The van der Waals surface area contributed by atoms with Crippen LogP contribution in [0.5, 0.6) is 5.75 Å². The van der Waals surface area contributed by atoms with E-state index in [1.807, 2.05) is 0 Å². The second-order valence-corrected chi connectivity index (χ2v) is 6.61. The summed E-state index contributed by atoms with van der Waals surface area (Å²) in [4.78, 5) is 2.62. The lowest BCUT2D eigenvalue weighted by Gasteiger charge is -2.35. The number of benzene rings is 2. The lowest BCUT2D eigenvalue weighted by molar-refractivity contribution is 0.154. The highest BCUT2D eigenvalue weighted by Gasteiger charge is 2.38. The van der Waals surface area contributed by atoms with Crippen LogP contribution in [0.4, 0.5) is 0 Å². The molecule has 2 atom stereocenters. The zero-order valence-electron chi connectivity index (χ0n) is 13.2. The Bertz CT molecular complexity index is 652. The fourth-order valence-corrected chi connectivity index (χ4v) is 4.33. The summed E-state index contributed by atoms with van der Waals surface area (Å²) in [7, 11) is 1.80. The molecule has 2 aromatic carbocycles. The van der Waals surface area contributed by atoms with Gasteiger partial charge in [-0.2, -0.15) is 0 Å². The van der Waals surface area contributed by atoms with Crippen LogP contribution in [0.3, 0.4) is 0 Å². The number of ether oxygens (including phenoxy) is 1. The summed E-state index contributed by atoms with van der Waals surface area (Å²) in [5.74, 6) is 2.54. The van der Waals surface area contributed by atoms with Crippen molar-refractivity contribution in [1.82, 2.24) is 4.90 Å². The molecule has 0 bridgehead atoms. The molecule has 4 rings (SSSR count). The van der Waals surface area contributed by atoms with E-state index in [2.05, 4.69) is 53.4 Å². The molecule has 1 aliphatic carbocycles. The van der Waals surface area contributed by atoms with Gasteiger partial charge in [0, 0.05) is 18.7 Å². The van der Waals surface area contributed by atoms with Crippen molar-refractivity contribution in [2.75, 3.05) is 20.2 Å². The van der Waals surface area contributed by atoms with E-state index in [0.29, 0.717) is 5.92 Å². The summed E-state index contributed by atoms with van der Waals surface area (Å²) >= 11 is 0. The van der Waals surface area contributed by atoms with Gasteiger partial charge in [0.25, 0.3) is 0 Å². The third kappa shape index (κ3) is 2.42. The maximum Gasteiger partial charge on any atom is 0.122 e. The third-order valence-electron chi connectivity index (χ3n) is 5.30. The third-order valence-corrected chi connectivity index (χ3v) is 5.30.